The summed E-state index contributed by atoms with van der Waals surface area (Å²) in [5.74, 6) is -1.25. The average molecular weight is 703 g/mol. The predicted octanol–water partition coefficient (Wildman–Crippen LogP) is 3.87. The molecule has 1 rings (SSSR count). The van der Waals surface area contributed by atoms with Gasteiger partial charge in [0, 0.05) is 12.8 Å². The van der Waals surface area contributed by atoms with Gasteiger partial charge in [-0.05, 0) is 51.4 Å². The van der Waals surface area contributed by atoms with Gasteiger partial charge in [-0.3, -0.25) is 18.6 Å². The zero-order valence-corrected chi connectivity index (χ0v) is 28.9. The van der Waals surface area contributed by atoms with E-state index in [4.69, 9.17) is 18.5 Å². The number of hydrogen-bond acceptors (Lipinski definition) is 12. The average Bonchev–Trinajstić information content (AvgIpc) is 3.06. The topological polar surface area (TPSA) is 210 Å². The van der Waals surface area contributed by atoms with E-state index < -0.39 is 75.7 Å². The molecule has 13 nitrogen and oxygen atoms in total. The maximum Gasteiger partial charge on any atom is 0.472 e. The Hall–Kier alpha value is -2.45. The summed E-state index contributed by atoms with van der Waals surface area (Å²) in [4.78, 5) is 34.2. The van der Waals surface area contributed by atoms with Crippen molar-refractivity contribution in [3.05, 3.63) is 60.8 Å². The van der Waals surface area contributed by atoms with E-state index in [9.17, 15) is 44.6 Å². The van der Waals surface area contributed by atoms with Gasteiger partial charge in [0.1, 0.15) is 43.2 Å². The van der Waals surface area contributed by atoms with Crippen LogP contribution in [0.4, 0.5) is 0 Å². The summed E-state index contributed by atoms with van der Waals surface area (Å²) in [6, 6.07) is 0. The lowest BCUT2D eigenvalue weighted by molar-refractivity contribution is -0.220. The highest BCUT2D eigenvalue weighted by molar-refractivity contribution is 7.47. The van der Waals surface area contributed by atoms with Gasteiger partial charge in [0.25, 0.3) is 0 Å². The Bertz CT molecular complexity index is 1090. The van der Waals surface area contributed by atoms with Crippen molar-refractivity contribution >= 4 is 19.8 Å². The number of esters is 2. The number of phosphoric acid groups is 1. The number of allylic oxidation sites excluding steroid dienone is 10. The minimum atomic E-state index is -5.09. The Kier molecular flexibility index (Phi) is 23.2. The summed E-state index contributed by atoms with van der Waals surface area (Å²) in [6.07, 6.45) is 15.9. The molecule has 274 valence electrons. The molecule has 6 N–H and O–H groups in total. The molecule has 0 aromatic heterocycles. The fraction of sp³-hybridized carbons (Fsp3) is 0.647. The molecule has 0 aromatic carbocycles. The van der Waals surface area contributed by atoms with Gasteiger partial charge >= 0.3 is 19.8 Å². The molecule has 0 amide bonds. The molecule has 1 saturated carbocycles. The van der Waals surface area contributed by atoms with Gasteiger partial charge in [-0.1, -0.05) is 81.0 Å². The molecular formula is C34H55O13P. The number of carbonyl (C=O) groups excluding carboxylic acids is 2. The second kappa shape index (κ2) is 25.5. The highest BCUT2D eigenvalue weighted by Crippen LogP contribution is 2.47. The smallest absolute Gasteiger partial charge is 0.462 e. The zero-order valence-electron chi connectivity index (χ0n) is 28.0. The van der Waals surface area contributed by atoms with E-state index in [1.54, 1.807) is 6.92 Å². The number of unbranched alkanes of at least 4 members (excludes halogenated alkanes) is 3. The van der Waals surface area contributed by atoms with Gasteiger partial charge in [-0.2, -0.15) is 0 Å². The second-order valence-electron chi connectivity index (χ2n) is 11.2. The summed E-state index contributed by atoms with van der Waals surface area (Å²) in [5.41, 5.74) is 0. The minimum Gasteiger partial charge on any atom is -0.462 e. The molecule has 14 heteroatoms. The number of rotatable bonds is 24. The number of aliphatic hydroxyl groups is 5. The van der Waals surface area contributed by atoms with Crippen LogP contribution in [0.25, 0.3) is 0 Å². The highest BCUT2D eigenvalue weighted by atomic mass is 31.2. The van der Waals surface area contributed by atoms with Crippen LogP contribution >= 0.6 is 7.82 Å². The summed E-state index contributed by atoms with van der Waals surface area (Å²) in [7, 11) is -5.09. The molecule has 0 bridgehead atoms. The van der Waals surface area contributed by atoms with Crippen molar-refractivity contribution in [2.45, 2.75) is 127 Å². The summed E-state index contributed by atoms with van der Waals surface area (Å²) in [5, 5.41) is 49.4. The van der Waals surface area contributed by atoms with Crippen molar-refractivity contribution in [1.29, 1.82) is 0 Å². The molecule has 1 fully saturated rings. The van der Waals surface area contributed by atoms with Gasteiger partial charge in [0.2, 0.25) is 0 Å². The summed E-state index contributed by atoms with van der Waals surface area (Å²) >= 11 is 0. The van der Waals surface area contributed by atoms with Gasteiger partial charge in [0.05, 0.1) is 6.61 Å². The van der Waals surface area contributed by atoms with E-state index in [1.165, 1.54) is 0 Å². The van der Waals surface area contributed by atoms with Crippen LogP contribution in [0.3, 0.4) is 0 Å². The molecule has 0 spiro atoms. The fourth-order valence-electron chi connectivity index (χ4n) is 4.41. The molecule has 0 saturated heterocycles. The Morgan fingerprint density at radius 1 is 0.667 bits per heavy atom. The summed E-state index contributed by atoms with van der Waals surface area (Å²) < 4.78 is 32.4. The first kappa shape index (κ1) is 43.6. The van der Waals surface area contributed by atoms with Crippen LogP contribution in [-0.2, 0) is 32.7 Å². The van der Waals surface area contributed by atoms with Gasteiger partial charge in [0.15, 0.2) is 6.10 Å². The van der Waals surface area contributed by atoms with Crippen LogP contribution in [0, 0.1) is 0 Å². The first-order chi connectivity index (χ1) is 22.9. The van der Waals surface area contributed by atoms with Crippen LogP contribution in [0.15, 0.2) is 60.8 Å². The number of aliphatic hydroxyl groups excluding tert-OH is 5. The van der Waals surface area contributed by atoms with E-state index in [2.05, 4.69) is 67.7 Å². The van der Waals surface area contributed by atoms with Crippen LogP contribution in [-0.4, -0.2) is 98.3 Å². The molecule has 0 radical (unpaired) electrons. The fourth-order valence-corrected chi connectivity index (χ4v) is 5.38. The standard InChI is InChI=1S/C34H55O13P/c1-3-5-6-7-8-9-10-11-12-13-14-15-16-17-18-19-20-21-22-23-28(36)46-26(24-44-27(35)4-2)25-45-48(42,43)47-34-32(40)30(38)29(37)31(39)33(34)41/h5-6,8-9,11-12,14-15,17-18,26,29-34,37-41H,3-4,7,10,13,16,19-25H2,1-2H3,(H,42,43)/b6-5-,9-8-,12-11-,15-14-,18-17-. The highest BCUT2D eigenvalue weighted by Gasteiger charge is 2.51. The third-order valence-electron chi connectivity index (χ3n) is 7.18. The maximum atomic E-state index is 12.5. The quantitative estimate of drug-likeness (QED) is 0.0366. The lowest BCUT2D eigenvalue weighted by atomic mass is 9.85. The SMILES string of the molecule is CC/C=C\C/C=C\C/C=C\C/C=C\C/C=C\CCCCCC(=O)OC(COC(=O)CC)COP(=O)(O)OC1C(O)C(O)C(O)C(O)C1O. The number of hydrogen-bond donors (Lipinski definition) is 6. The minimum absolute atomic E-state index is 0.0367. The Morgan fingerprint density at radius 3 is 1.69 bits per heavy atom. The monoisotopic (exact) mass is 702 g/mol. The van der Waals surface area contributed by atoms with E-state index in [0.29, 0.717) is 6.42 Å². The van der Waals surface area contributed by atoms with Crippen molar-refractivity contribution in [3.63, 3.8) is 0 Å². The lowest BCUT2D eigenvalue weighted by Crippen LogP contribution is -2.64. The molecule has 1 aliphatic rings. The normalized spacial score (nSPS) is 25.4. The second-order valence-corrected chi connectivity index (χ2v) is 12.6. The molecular weight excluding hydrogens is 647 g/mol. The Balaban J connectivity index is 2.38. The third-order valence-corrected chi connectivity index (χ3v) is 8.16. The Labute approximate surface area is 283 Å². The molecule has 0 aromatic rings. The van der Waals surface area contributed by atoms with Crippen molar-refractivity contribution in [1.82, 2.24) is 0 Å². The first-order valence-electron chi connectivity index (χ1n) is 16.6. The summed E-state index contributed by atoms with van der Waals surface area (Å²) in [6.45, 7) is 2.44. The number of phosphoric ester groups is 1. The van der Waals surface area contributed by atoms with Gasteiger partial charge in [-0.25, -0.2) is 4.57 Å². The van der Waals surface area contributed by atoms with Gasteiger partial charge in [-0.15, -0.1) is 0 Å². The molecule has 48 heavy (non-hydrogen) atoms. The van der Waals surface area contributed by atoms with Crippen molar-refractivity contribution in [2.75, 3.05) is 13.2 Å². The van der Waals surface area contributed by atoms with Crippen LogP contribution in [0.2, 0.25) is 0 Å². The van der Waals surface area contributed by atoms with Crippen LogP contribution in [0.1, 0.15) is 84.5 Å². The number of carbonyl (C=O) groups is 2. The van der Waals surface area contributed by atoms with E-state index in [1.807, 2.05) is 0 Å². The number of ether oxygens (including phenoxy) is 2. The van der Waals surface area contributed by atoms with Crippen LogP contribution < -0.4 is 0 Å². The van der Waals surface area contributed by atoms with Gasteiger partial charge < -0.3 is 39.9 Å². The van der Waals surface area contributed by atoms with Crippen molar-refractivity contribution in [3.8, 4) is 0 Å². The molecule has 6 unspecified atom stereocenters. The maximum absolute atomic E-state index is 12.5. The largest absolute Gasteiger partial charge is 0.472 e. The third kappa shape index (κ3) is 18.9. The van der Waals surface area contributed by atoms with E-state index in [-0.39, 0.29) is 12.8 Å². The molecule has 6 atom stereocenters. The van der Waals surface area contributed by atoms with Crippen molar-refractivity contribution < 1.29 is 63.1 Å². The van der Waals surface area contributed by atoms with E-state index in [0.717, 1.165) is 51.4 Å². The Morgan fingerprint density at radius 2 is 1.17 bits per heavy atom. The molecule has 0 aliphatic heterocycles. The molecule has 1 aliphatic carbocycles. The van der Waals surface area contributed by atoms with Crippen molar-refractivity contribution in [2.24, 2.45) is 0 Å². The first-order valence-corrected chi connectivity index (χ1v) is 18.1. The predicted molar refractivity (Wildman–Crippen MR) is 179 cm³/mol. The van der Waals surface area contributed by atoms with Crippen LogP contribution in [0.5, 0.6) is 0 Å². The molecule has 0 heterocycles. The lowest BCUT2D eigenvalue weighted by Gasteiger charge is -2.41. The van der Waals surface area contributed by atoms with E-state index >= 15 is 0 Å². The zero-order chi connectivity index (χ0) is 35.8.